The molecule has 88 valence electrons. The lowest BCUT2D eigenvalue weighted by Gasteiger charge is -2.01. The second-order valence-corrected chi connectivity index (χ2v) is 2.95. The maximum absolute atomic E-state index is 13.1. The third-order valence-corrected chi connectivity index (χ3v) is 1.91. The average molecular weight is 239 g/mol. The first-order valence-electron chi connectivity index (χ1n) is 4.30. The van der Waals surface area contributed by atoms with E-state index in [-0.39, 0.29) is 11.8 Å². The van der Waals surface area contributed by atoms with Gasteiger partial charge in [0.05, 0.1) is 4.92 Å². The summed E-state index contributed by atoms with van der Waals surface area (Å²) in [5, 5.41) is 18.9. The molecular formula is C10H6FNO5. The molecule has 1 rings (SSSR count). The van der Waals surface area contributed by atoms with Gasteiger partial charge in [0.2, 0.25) is 5.82 Å². The second kappa shape index (κ2) is 4.97. The molecule has 0 spiro atoms. The van der Waals surface area contributed by atoms with E-state index < -0.39 is 28.0 Å². The summed E-state index contributed by atoms with van der Waals surface area (Å²) < 4.78 is 13.1. The van der Waals surface area contributed by atoms with Gasteiger partial charge in [-0.25, -0.2) is 4.79 Å². The van der Waals surface area contributed by atoms with Crippen LogP contribution in [0.1, 0.15) is 15.9 Å². The molecule has 6 nitrogen and oxygen atoms in total. The Labute approximate surface area is 94.1 Å². The molecule has 0 amide bonds. The number of carbonyl (C=O) groups is 2. The number of aliphatic carboxylic acids is 1. The molecule has 0 atom stereocenters. The molecule has 0 saturated heterocycles. The molecular weight excluding hydrogens is 233 g/mol. The largest absolute Gasteiger partial charge is 0.478 e. The van der Waals surface area contributed by atoms with Crippen LogP contribution in [0.15, 0.2) is 18.2 Å². The quantitative estimate of drug-likeness (QED) is 0.373. The molecule has 0 aromatic heterocycles. The van der Waals surface area contributed by atoms with Gasteiger partial charge < -0.3 is 5.11 Å². The molecule has 0 aliphatic rings. The highest BCUT2D eigenvalue weighted by Crippen LogP contribution is 2.25. The number of carboxylic acids is 1. The maximum atomic E-state index is 13.1. The van der Waals surface area contributed by atoms with Crippen LogP contribution in [0.2, 0.25) is 0 Å². The highest BCUT2D eigenvalue weighted by Gasteiger charge is 2.22. The van der Waals surface area contributed by atoms with Crippen LogP contribution in [0, 0.1) is 15.9 Å². The van der Waals surface area contributed by atoms with Crippen molar-refractivity contribution in [1.82, 2.24) is 0 Å². The first-order valence-corrected chi connectivity index (χ1v) is 4.30. The number of carbonyl (C=O) groups excluding carboxylic acids is 1. The van der Waals surface area contributed by atoms with E-state index in [1.807, 2.05) is 0 Å². The molecule has 0 heterocycles. The fraction of sp³-hybridized carbons (Fsp3) is 0. The molecule has 1 aromatic carbocycles. The SMILES string of the molecule is O=Cc1c(/C=C/C(=O)O)ccc(F)c1[N+](=O)[O-]. The fourth-order valence-electron chi connectivity index (χ4n) is 1.21. The van der Waals surface area contributed by atoms with E-state index >= 15 is 0 Å². The topological polar surface area (TPSA) is 97.5 Å². The monoisotopic (exact) mass is 239 g/mol. The molecule has 0 bridgehead atoms. The van der Waals surface area contributed by atoms with Crippen LogP contribution in [0.3, 0.4) is 0 Å². The minimum absolute atomic E-state index is 0.0319. The van der Waals surface area contributed by atoms with Crippen molar-refractivity contribution in [2.24, 2.45) is 0 Å². The molecule has 0 fully saturated rings. The number of rotatable bonds is 4. The Morgan fingerprint density at radius 2 is 2.12 bits per heavy atom. The number of aldehydes is 1. The van der Waals surface area contributed by atoms with Crippen LogP contribution in [0.25, 0.3) is 6.08 Å². The number of benzene rings is 1. The summed E-state index contributed by atoms with van der Waals surface area (Å²) >= 11 is 0. The van der Waals surface area contributed by atoms with Crippen molar-refractivity contribution in [3.63, 3.8) is 0 Å². The molecule has 0 saturated carbocycles. The van der Waals surface area contributed by atoms with Crippen LogP contribution >= 0.6 is 0 Å². The first-order chi connectivity index (χ1) is 7.97. The maximum Gasteiger partial charge on any atom is 0.328 e. The van der Waals surface area contributed by atoms with Gasteiger partial charge in [-0.1, -0.05) is 6.07 Å². The van der Waals surface area contributed by atoms with Crippen molar-refractivity contribution >= 4 is 24.0 Å². The predicted molar refractivity (Wildman–Crippen MR) is 55.1 cm³/mol. The van der Waals surface area contributed by atoms with Crippen molar-refractivity contribution in [2.75, 3.05) is 0 Å². The number of hydrogen-bond donors (Lipinski definition) is 1. The Kier molecular flexibility index (Phi) is 3.66. The highest BCUT2D eigenvalue weighted by atomic mass is 19.1. The van der Waals surface area contributed by atoms with Crippen molar-refractivity contribution in [1.29, 1.82) is 0 Å². The molecule has 0 unspecified atom stereocenters. The Morgan fingerprint density at radius 3 is 2.59 bits per heavy atom. The van der Waals surface area contributed by atoms with Crippen LogP contribution in [0.4, 0.5) is 10.1 Å². The minimum Gasteiger partial charge on any atom is -0.478 e. The van der Waals surface area contributed by atoms with Crippen molar-refractivity contribution in [3.05, 3.63) is 45.3 Å². The first kappa shape index (κ1) is 12.5. The lowest BCUT2D eigenvalue weighted by molar-refractivity contribution is -0.387. The Balaban J connectivity index is 3.43. The van der Waals surface area contributed by atoms with Gasteiger partial charge >= 0.3 is 11.7 Å². The van der Waals surface area contributed by atoms with Gasteiger partial charge in [0.15, 0.2) is 6.29 Å². The van der Waals surface area contributed by atoms with Crippen LogP contribution in [-0.2, 0) is 4.79 Å². The molecule has 1 aromatic rings. The predicted octanol–water partition coefficient (Wildman–Crippen LogP) is 1.64. The zero-order chi connectivity index (χ0) is 13.0. The highest BCUT2D eigenvalue weighted by molar-refractivity contribution is 5.91. The molecule has 0 radical (unpaired) electrons. The second-order valence-electron chi connectivity index (χ2n) is 2.95. The summed E-state index contributed by atoms with van der Waals surface area (Å²) in [4.78, 5) is 30.5. The minimum atomic E-state index is -1.28. The van der Waals surface area contributed by atoms with Gasteiger partial charge in [-0.05, 0) is 17.7 Å². The fourth-order valence-corrected chi connectivity index (χ4v) is 1.21. The summed E-state index contributed by atoms with van der Waals surface area (Å²) in [7, 11) is 0. The van der Waals surface area contributed by atoms with E-state index in [2.05, 4.69) is 0 Å². The van der Waals surface area contributed by atoms with E-state index in [0.29, 0.717) is 6.08 Å². The smallest absolute Gasteiger partial charge is 0.328 e. The van der Waals surface area contributed by atoms with Crippen LogP contribution < -0.4 is 0 Å². The summed E-state index contributed by atoms with van der Waals surface area (Å²) in [5.74, 6) is -2.43. The van der Waals surface area contributed by atoms with Gasteiger partial charge in [0.1, 0.15) is 5.56 Å². The number of hydrogen-bond acceptors (Lipinski definition) is 4. The number of nitro groups is 1. The molecule has 1 N–H and O–H groups in total. The van der Waals surface area contributed by atoms with Gasteiger partial charge in [-0.15, -0.1) is 0 Å². The van der Waals surface area contributed by atoms with E-state index in [1.54, 1.807) is 0 Å². The summed E-state index contributed by atoms with van der Waals surface area (Å²) in [5.41, 5.74) is -1.49. The third kappa shape index (κ3) is 2.71. The number of halogens is 1. The lowest BCUT2D eigenvalue weighted by atomic mass is 10.1. The van der Waals surface area contributed by atoms with Crippen molar-refractivity contribution in [3.8, 4) is 0 Å². The van der Waals surface area contributed by atoms with Crippen LogP contribution in [-0.4, -0.2) is 22.3 Å². The molecule has 0 aliphatic heterocycles. The lowest BCUT2D eigenvalue weighted by Crippen LogP contribution is -2.00. The summed E-state index contributed by atoms with van der Waals surface area (Å²) in [6.45, 7) is 0. The van der Waals surface area contributed by atoms with Crippen LogP contribution in [0.5, 0.6) is 0 Å². The third-order valence-electron chi connectivity index (χ3n) is 1.91. The molecule has 7 heteroatoms. The van der Waals surface area contributed by atoms with Crippen molar-refractivity contribution in [2.45, 2.75) is 0 Å². The van der Waals surface area contributed by atoms with E-state index in [1.165, 1.54) is 0 Å². The van der Waals surface area contributed by atoms with Gasteiger partial charge in [0.25, 0.3) is 0 Å². The molecule has 0 aliphatic carbocycles. The number of nitrogens with zero attached hydrogens (tertiary/aromatic N) is 1. The Hall–Kier alpha value is -2.57. The Morgan fingerprint density at radius 1 is 1.47 bits per heavy atom. The summed E-state index contributed by atoms with van der Waals surface area (Å²) in [6.07, 6.45) is 1.80. The normalized spacial score (nSPS) is 10.4. The number of carboxylic acid groups (broad SMARTS) is 1. The standard InChI is InChI=1S/C10H6FNO5/c11-8-3-1-6(2-4-9(14)15)7(5-13)10(8)12(16)17/h1-5H,(H,14,15)/b4-2+. The van der Waals surface area contributed by atoms with E-state index in [9.17, 15) is 24.1 Å². The van der Waals surface area contributed by atoms with Gasteiger partial charge in [-0.3, -0.25) is 14.9 Å². The zero-order valence-electron chi connectivity index (χ0n) is 8.29. The number of nitro benzene ring substituents is 1. The van der Waals surface area contributed by atoms with E-state index in [4.69, 9.17) is 5.11 Å². The zero-order valence-corrected chi connectivity index (χ0v) is 8.29. The van der Waals surface area contributed by atoms with Gasteiger partial charge in [0, 0.05) is 6.08 Å². The van der Waals surface area contributed by atoms with E-state index in [0.717, 1.165) is 18.2 Å². The summed E-state index contributed by atoms with van der Waals surface area (Å²) in [6, 6.07) is 1.89. The van der Waals surface area contributed by atoms with Crippen molar-refractivity contribution < 1.29 is 24.0 Å². The Bertz CT molecular complexity index is 524. The molecule has 17 heavy (non-hydrogen) atoms. The van der Waals surface area contributed by atoms with Gasteiger partial charge in [-0.2, -0.15) is 4.39 Å². The average Bonchev–Trinajstić information content (AvgIpc) is 2.25.